The van der Waals surface area contributed by atoms with Crippen molar-refractivity contribution >= 4 is 17.7 Å². The third-order valence-corrected chi connectivity index (χ3v) is 5.70. The molecule has 1 amide bonds. The maximum Gasteiger partial charge on any atom is 0.258 e. The molecule has 0 atom stereocenters. The second-order valence-electron chi connectivity index (χ2n) is 7.38. The van der Waals surface area contributed by atoms with Gasteiger partial charge in [-0.05, 0) is 43.2 Å². The van der Waals surface area contributed by atoms with Crippen molar-refractivity contribution in [2.24, 2.45) is 0 Å². The first-order valence-corrected chi connectivity index (χ1v) is 10.0. The van der Waals surface area contributed by atoms with Crippen LogP contribution in [-0.2, 0) is 0 Å². The normalized spacial score (nSPS) is 18.2. The Morgan fingerprint density at radius 1 is 1.07 bits per heavy atom. The van der Waals surface area contributed by atoms with Crippen molar-refractivity contribution in [1.82, 2.24) is 14.9 Å². The number of ether oxygens (including phenoxy) is 1. The highest BCUT2D eigenvalue weighted by atomic mass is 16.5. The van der Waals surface area contributed by atoms with Gasteiger partial charge in [0.2, 0.25) is 5.95 Å². The van der Waals surface area contributed by atoms with Gasteiger partial charge in [0.25, 0.3) is 5.91 Å². The predicted octanol–water partition coefficient (Wildman–Crippen LogP) is 2.80. The van der Waals surface area contributed by atoms with Crippen LogP contribution in [0, 0.1) is 0 Å². The number of aromatic nitrogens is 2. The number of carbonyl (C=O) groups excluding carboxylic acids is 1. The fraction of sp³-hybridized carbons (Fsp3) is 0.476. The number of amides is 1. The van der Waals surface area contributed by atoms with Gasteiger partial charge in [-0.15, -0.1) is 0 Å². The number of piperazine rings is 1. The Morgan fingerprint density at radius 3 is 2.46 bits per heavy atom. The van der Waals surface area contributed by atoms with Crippen LogP contribution in [0.5, 0.6) is 5.75 Å². The minimum atomic E-state index is -0.231. The molecule has 0 bridgehead atoms. The van der Waals surface area contributed by atoms with Crippen LogP contribution in [-0.4, -0.2) is 60.1 Å². The molecule has 0 spiro atoms. The van der Waals surface area contributed by atoms with E-state index in [0.29, 0.717) is 17.3 Å². The van der Waals surface area contributed by atoms with Crippen molar-refractivity contribution in [3.05, 3.63) is 42.1 Å². The third kappa shape index (κ3) is 4.25. The van der Waals surface area contributed by atoms with E-state index in [9.17, 15) is 4.79 Å². The lowest BCUT2D eigenvalue weighted by Gasteiger charge is -2.38. The Bertz CT molecular complexity index is 797. The lowest BCUT2D eigenvalue weighted by atomic mass is 10.2. The Kier molecular flexibility index (Phi) is 5.71. The zero-order valence-corrected chi connectivity index (χ0v) is 16.3. The van der Waals surface area contributed by atoms with Gasteiger partial charge in [-0.2, -0.15) is 4.98 Å². The second kappa shape index (κ2) is 8.56. The fourth-order valence-corrected chi connectivity index (χ4v) is 4.09. The van der Waals surface area contributed by atoms with Gasteiger partial charge in [-0.3, -0.25) is 15.0 Å². The average Bonchev–Trinajstić information content (AvgIpc) is 3.29. The molecule has 2 aromatic rings. The van der Waals surface area contributed by atoms with E-state index in [-0.39, 0.29) is 5.91 Å². The molecule has 4 rings (SSSR count). The van der Waals surface area contributed by atoms with Crippen molar-refractivity contribution in [1.29, 1.82) is 0 Å². The second-order valence-corrected chi connectivity index (χ2v) is 7.38. The van der Waals surface area contributed by atoms with Crippen LogP contribution in [0.3, 0.4) is 0 Å². The van der Waals surface area contributed by atoms with Crippen LogP contribution in [0.4, 0.5) is 11.8 Å². The Morgan fingerprint density at radius 2 is 1.79 bits per heavy atom. The van der Waals surface area contributed by atoms with Crippen LogP contribution in [0.2, 0.25) is 0 Å². The molecule has 7 heteroatoms. The minimum absolute atomic E-state index is 0.231. The minimum Gasteiger partial charge on any atom is -0.497 e. The molecule has 1 aromatic heterocycles. The maximum atomic E-state index is 12.4. The predicted molar refractivity (Wildman–Crippen MR) is 109 cm³/mol. The van der Waals surface area contributed by atoms with Gasteiger partial charge in [0, 0.05) is 44.0 Å². The van der Waals surface area contributed by atoms with E-state index in [2.05, 4.69) is 25.1 Å². The number of benzene rings is 1. The molecule has 2 aliphatic rings. The first kappa shape index (κ1) is 18.7. The number of anilines is 2. The molecule has 0 unspecified atom stereocenters. The highest BCUT2D eigenvalue weighted by Gasteiger charge is 2.26. The van der Waals surface area contributed by atoms with Crippen molar-refractivity contribution in [2.45, 2.75) is 31.7 Å². The molecule has 1 saturated carbocycles. The number of carbonyl (C=O) groups is 1. The summed E-state index contributed by atoms with van der Waals surface area (Å²) in [4.78, 5) is 26.1. The fourth-order valence-electron chi connectivity index (χ4n) is 4.09. The van der Waals surface area contributed by atoms with Crippen molar-refractivity contribution in [2.75, 3.05) is 43.5 Å². The average molecular weight is 381 g/mol. The number of hydrogen-bond acceptors (Lipinski definition) is 6. The van der Waals surface area contributed by atoms with Crippen LogP contribution in [0.1, 0.15) is 36.0 Å². The number of nitrogens with one attached hydrogen (secondary N) is 1. The first-order chi connectivity index (χ1) is 13.7. The molecular formula is C21H27N5O2. The molecule has 1 saturated heterocycles. The molecule has 1 aromatic carbocycles. The lowest BCUT2D eigenvalue weighted by molar-refractivity contribution is 0.102. The van der Waals surface area contributed by atoms with Crippen molar-refractivity contribution in [3.8, 4) is 5.75 Å². The monoisotopic (exact) mass is 381 g/mol. The molecule has 0 radical (unpaired) electrons. The summed E-state index contributed by atoms with van der Waals surface area (Å²) < 4.78 is 5.12. The van der Waals surface area contributed by atoms with E-state index >= 15 is 0 Å². The van der Waals surface area contributed by atoms with Crippen LogP contribution >= 0.6 is 0 Å². The number of hydrogen-bond donors (Lipinski definition) is 1. The summed E-state index contributed by atoms with van der Waals surface area (Å²) >= 11 is 0. The topological polar surface area (TPSA) is 70.6 Å². The molecule has 1 N–H and O–H groups in total. The molecular weight excluding hydrogens is 354 g/mol. The molecule has 2 fully saturated rings. The highest BCUT2D eigenvalue weighted by molar-refractivity contribution is 6.03. The molecule has 1 aliphatic carbocycles. The molecule has 28 heavy (non-hydrogen) atoms. The van der Waals surface area contributed by atoms with Gasteiger partial charge in [0.1, 0.15) is 11.6 Å². The summed E-state index contributed by atoms with van der Waals surface area (Å²) in [6.07, 6.45) is 7.13. The van der Waals surface area contributed by atoms with Crippen LogP contribution < -0.4 is 15.0 Å². The van der Waals surface area contributed by atoms with E-state index < -0.39 is 0 Å². The van der Waals surface area contributed by atoms with E-state index in [1.165, 1.54) is 25.7 Å². The van der Waals surface area contributed by atoms with E-state index in [1.807, 2.05) is 6.07 Å². The van der Waals surface area contributed by atoms with Gasteiger partial charge in [-0.25, -0.2) is 4.98 Å². The Hall–Kier alpha value is -2.67. The van der Waals surface area contributed by atoms with Crippen LogP contribution in [0.25, 0.3) is 0 Å². The Labute approximate surface area is 165 Å². The van der Waals surface area contributed by atoms with Gasteiger partial charge in [0.05, 0.1) is 7.11 Å². The summed E-state index contributed by atoms with van der Waals surface area (Å²) in [5.41, 5.74) is 0.542. The molecule has 7 nitrogen and oxygen atoms in total. The largest absolute Gasteiger partial charge is 0.497 e. The van der Waals surface area contributed by atoms with Gasteiger partial charge < -0.3 is 9.64 Å². The highest BCUT2D eigenvalue weighted by Crippen LogP contribution is 2.25. The lowest BCUT2D eigenvalue weighted by Crippen LogP contribution is -2.50. The quantitative estimate of drug-likeness (QED) is 0.859. The number of rotatable bonds is 5. The molecule has 2 heterocycles. The number of nitrogens with zero attached hydrogens (tertiary/aromatic N) is 4. The van der Waals surface area contributed by atoms with Gasteiger partial charge in [-0.1, -0.05) is 12.8 Å². The van der Waals surface area contributed by atoms with Crippen LogP contribution in [0.15, 0.2) is 36.5 Å². The standard InChI is InChI=1S/C21H27N5O2/c1-28-18-8-6-16(7-9-18)20(27)24-21-22-11-10-19(23-21)26-14-12-25(13-15-26)17-4-2-3-5-17/h6-11,17H,2-5,12-15H2,1H3,(H,22,23,24,27). The van der Waals surface area contributed by atoms with Gasteiger partial charge in [0.15, 0.2) is 0 Å². The maximum absolute atomic E-state index is 12.4. The molecule has 148 valence electrons. The van der Waals surface area contributed by atoms with E-state index in [4.69, 9.17) is 4.74 Å². The van der Waals surface area contributed by atoms with E-state index in [0.717, 1.165) is 38.0 Å². The first-order valence-electron chi connectivity index (χ1n) is 10.0. The van der Waals surface area contributed by atoms with Crippen molar-refractivity contribution < 1.29 is 9.53 Å². The SMILES string of the molecule is COc1ccc(C(=O)Nc2nccc(N3CCN(C4CCCC4)CC3)n2)cc1. The smallest absolute Gasteiger partial charge is 0.258 e. The summed E-state index contributed by atoms with van der Waals surface area (Å²) in [6, 6.07) is 9.65. The number of methoxy groups -OCH3 is 1. The van der Waals surface area contributed by atoms with Crippen molar-refractivity contribution in [3.63, 3.8) is 0 Å². The Balaban J connectivity index is 1.37. The summed E-state index contributed by atoms with van der Waals surface area (Å²) in [6.45, 7) is 4.06. The zero-order valence-electron chi connectivity index (χ0n) is 16.3. The summed E-state index contributed by atoms with van der Waals surface area (Å²) in [7, 11) is 1.60. The third-order valence-electron chi connectivity index (χ3n) is 5.70. The molecule has 1 aliphatic heterocycles. The van der Waals surface area contributed by atoms with Gasteiger partial charge >= 0.3 is 0 Å². The summed E-state index contributed by atoms with van der Waals surface area (Å²) in [5, 5.41) is 2.79. The zero-order chi connectivity index (χ0) is 19.3. The van der Waals surface area contributed by atoms with E-state index in [1.54, 1.807) is 37.6 Å². The summed E-state index contributed by atoms with van der Waals surface area (Å²) in [5.74, 6) is 1.68.